The van der Waals surface area contributed by atoms with Gasteiger partial charge in [0.05, 0.1) is 10.6 Å². The van der Waals surface area contributed by atoms with E-state index in [-0.39, 0.29) is 23.3 Å². The second-order valence-corrected chi connectivity index (χ2v) is 9.75. The molecule has 6 nitrogen and oxygen atoms in total. The Morgan fingerprint density at radius 1 is 1.20 bits per heavy atom. The quantitative estimate of drug-likeness (QED) is 0.760. The van der Waals surface area contributed by atoms with Crippen LogP contribution >= 0.6 is 0 Å². The van der Waals surface area contributed by atoms with E-state index in [1.807, 2.05) is 6.92 Å². The number of anilines is 1. The van der Waals surface area contributed by atoms with Crippen LogP contribution in [0.3, 0.4) is 0 Å². The van der Waals surface area contributed by atoms with Gasteiger partial charge in [-0.1, -0.05) is 17.7 Å². The number of halogens is 1. The van der Waals surface area contributed by atoms with E-state index in [0.717, 1.165) is 18.4 Å². The Balaban J connectivity index is 1.63. The lowest BCUT2D eigenvalue weighted by molar-refractivity contribution is 0.0676. The molecule has 1 N–H and O–H groups in total. The van der Waals surface area contributed by atoms with Crippen LogP contribution in [0.2, 0.25) is 0 Å². The van der Waals surface area contributed by atoms with E-state index >= 15 is 0 Å². The number of rotatable bonds is 6. The van der Waals surface area contributed by atoms with E-state index in [2.05, 4.69) is 4.72 Å². The van der Waals surface area contributed by atoms with Gasteiger partial charge in [-0.3, -0.25) is 4.79 Å². The van der Waals surface area contributed by atoms with Crippen LogP contribution in [0, 0.1) is 18.7 Å². The number of aryl methyl sites for hydroxylation is 1. The van der Waals surface area contributed by atoms with Crippen LogP contribution in [0.15, 0.2) is 47.4 Å². The summed E-state index contributed by atoms with van der Waals surface area (Å²) in [4.78, 5) is 16.4. The molecule has 2 aromatic carbocycles. The molecular formula is C22H28FN3O3S. The van der Waals surface area contributed by atoms with Crippen LogP contribution in [-0.4, -0.2) is 53.0 Å². The van der Waals surface area contributed by atoms with Gasteiger partial charge in [0.15, 0.2) is 0 Å². The standard InChI is InChI=1S/C22H28FN3O3S/c1-16-6-9-19(10-7-16)30(28,29)24-14-17-5-4-12-26(15-17)22(27)18-8-11-21(25(2)3)20(23)13-18/h6-11,13,17,24H,4-5,12,14-15H2,1-3H3. The number of carbonyl (C=O) groups is 1. The summed E-state index contributed by atoms with van der Waals surface area (Å²) in [7, 11) is -0.107. The summed E-state index contributed by atoms with van der Waals surface area (Å²) in [5, 5.41) is 0. The van der Waals surface area contributed by atoms with Crippen LogP contribution in [0.25, 0.3) is 0 Å². The number of hydrogen-bond donors (Lipinski definition) is 1. The lowest BCUT2D eigenvalue weighted by Gasteiger charge is -2.33. The van der Waals surface area contributed by atoms with E-state index in [9.17, 15) is 17.6 Å². The molecule has 1 fully saturated rings. The van der Waals surface area contributed by atoms with E-state index in [1.54, 1.807) is 60.3 Å². The van der Waals surface area contributed by atoms with Crippen molar-refractivity contribution in [1.82, 2.24) is 9.62 Å². The molecule has 0 bridgehead atoms. The van der Waals surface area contributed by atoms with Crippen molar-refractivity contribution < 1.29 is 17.6 Å². The summed E-state index contributed by atoms with van der Waals surface area (Å²) < 4.78 is 41.9. The number of amides is 1. The molecule has 0 aromatic heterocycles. The molecule has 3 rings (SSSR count). The van der Waals surface area contributed by atoms with Gasteiger partial charge in [-0.2, -0.15) is 0 Å². The van der Waals surface area contributed by atoms with Crippen LogP contribution in [0.4, 0.5) is 10.1 Å². The fourth-order valence-corrected chi connectivity index (χ4v) is 4.75. The number of sulfonamides is 1. The minimum absolute atomic E-state index is 0.00817. The average Bonchev–Trinajstić information content (AvgIpc) is 2.72. The predicted octanol–water partition coefficient (Wildman–Crippen LogP) is 3.03. The summed E-state index contributed by atoms with van der Waals surface area (Å²) in [5.41, 5.74) is 1.72. The summed E-state index contributed by atoms with van der Waals surface area (Å²) in [6.07, 6.45) is 1.61. The van der Waals surface area contributed by atoms with Crippen molar-refractivity contribution in [1.29, 1.82) is 0 Å². The van der Waals surface area contributed by atoms with Gasteiger partial charge >= 0.3 is 0 Å². The second-order valence-electron chi connectivity index (χ2n) is 7.98. The highest BCUT2D eigenvalue weighted by Crippen LogP contribution is 2.22. The van der Waals surface area contributed by atoms with Crippen molar-refractivity contribution in [3.05, 3.63) is 59.4 Å². The third-order valence-electron chi connectivity index (χ3n) is 5.38. The van der Waals surface area contributed by atoms with Crippen molar-refractivity contribution in [2.24, 2.45) is 5.92 Å². The van der Waals surface area contributed by atoms with E-state index in [4.69, 9.17) is 0 Å². The first kappa shape index (κ1) is 22.2. The highest BCUT2D eigenvalue weighted by molar-refractivity contribution is 7.89. The number of benzene rings is 2. The van der Waals surface area contributed by atoms with Crippen molar-refractivity contribution in [2.45, 2.75) is 24.7 Å². The minimum atomic E-state index is -3.59. The molecule has 1 unspecified atom stereocenters. The highest BCUT2D eigenvalue weighted by atomic mass is 32.2. The molecule has 162 valence electrons. The van der Waals surface area contributed by atoms with Gasteiger partial charge in [-0.25, -0.2) is 17.5 Å². The molecule has 2 aromatic rings. The predicted molar refractivity (Wildman–Crippen MR) is 116 cm³/mol. The van der Waals surface area contributed by atoms with Crippen LogP contribution in [0.5, 0.6) is 0 Å². The van der Waals surface area contributed by atoms with Crippen LogP contribution in [0.1, 0.15) is 28.8 Å². The van der Waals surface area contributed by atoms with Gasteiger partial charge in [0, 0.05) is 39.3 Å². The largest absolute Gasteiger partial charge is 0.375 e. The summed E-state index contributed by atoms with van der Waals surface area (Å²) >= 11 is 0. The van der Waals surface area contributed by atoms with Crippen molar-refractivity contribution in [2.75, 3.05) is 38.6 Å². The average molecular weight is 434 g/mol. The zero-order valence-electron chi connectivity index (χ0n) is 17.6. The number of piperidine rings is 1. The van der Waals surface area contributed by atoms with E-state index in [1.165, 1.54) is 6.07 Å². The van der Waals surface area contributed by atoms with Gasteiger partial charge in [-0.15, -0.1) is 0 Å². The molecule has 1 atom stereocenters. The minimum Gasteiger partial charge on any atom is -0.375 e. The monoisotopic (exact) mass is 433 g/mol. The molecule has 1 aliphatic rings. The highest BCUT2D eigenvalue weighted by Gasteiger charge is 2.26. The lowest BCUT2D eigenvalue weighted by atomic mass is 9.97. The smallest absolute Gasteiger partial charge is 0.253 e. The molecule has 0 radical (unpaired) electrons. The van der Waals surface area contributed by atoms with Crippen molar-refractivity contribution in [3.8, 4) is 0 Å². The fourth-order valence-electron chi connectivity index (χ4n) is 3.63. The van der Waals surface area contributed by atoms with E-state index < -0.39 is 15.8 Å². The first-order chi connectivity index (χ1) is 14.2. The number of hydrogen-bond acceptors (Lipinski definition) is 4. The fraction of sp³-hybridized carbons (Fsp3) is 0.409. The number of carbonyl (C=O) groups excluding carboxylic acids is 1. The maximum atomic E-state index is 14.3. The topological polar surface area (TPSA) is 69.7 Å². The van der Waals surface area contributed by atoms with Gasteiger partial charge in [0.1, 0.15) is 5.82 Å². The Labute approximate surface area is 177 Å². The van der Waals surface area contributed by atoms with Gasteiger partial charge < -0.3 is 9.80 Å². The third kappa shape index (κ3) is 5.17. The number of nitrogens with one attached hydrogen (secondary N) is 1. The molecule has 1 heterocycles. The van der Waals surface area contributed by atoms with Gasteiger partial charge in [0.25, 0.3) is 5.91 Å². The Hall–Kier alpha value is -2.45. The summed E-state index contributed by atoms with van der Waals surface area (Å²) in [6.45, 7) is 3.18. The van der Waals surface area contributed by atoms with E-state index in [0.29, 0.717) is 24.3 Å². The summed E-state index contributed by atoms with van der Waals surface area (Å²) in [5.74, 6) is -0.663. The maximum absolute atomic E-state index is 14.3. The number of nitrogens with zero attached hydrogens (tertiary/aromatic N) is 2. The Morgan fingerprint density at radius 3 is 2.53 bits per heavy atom. The second kappa shape index (κ2) is 9.14. The van der Waals surface area contributed by atoms with Gasteiger partial charge in [-0.05, 0) is 56.0 Å². The molecule has 1 amide bonds. The summed E-state index contributed by atoms with van der Waals surface area (Å²) in [6, 6.07) is 11.2. The van der Waals surface area contributed by atoms with Crippen LogP contribution in [-0.2, 0) is 10.0 Å². The molecular weight excluding hydrogens is 405 g/mol. The Morgan fingerprint density at radius 2 is 1.90 bits per heavy atom. The van der Waals surface area contributed by atoms with Crippen molar-refractivity contribution in [3.63, 3.8) is 0 Å². The van der Waals surface area contributed by atoms with Gasteiger partial charge in [0.2, 0.25) is 10.0 Å². The Bertz CT molecular complexity index is 1010. The first-order valence-electron chi connectivity index (χ1n) is 10.00. The zero-order chi connectivity index (χ0) is 21.9. The molecule has 1 saturated heterocycles. The molecule has 0 aliphatic carbocycles. The molecule has 1 aliphatic heterocycles. The van der Waals surface area contributed by atoms with Crippen LogP contribution < -0.4 is 9.62 Å². The third-order valence-corrected chi connectivity index (χ3v) is 6.82. The normalized spacial score (nSPS) is 17.1. The Kier molecular flexibility index (Phi) is 6.77. The van der Waals surface area contributed by atoms with Crippen molar-refractivity contribution >= 4 is 21.6 Å². The maximum Gasteiger partial charge on any atom is 0.253 e. The lowest BCUT2D eigenvalue weighted by Crippen LogP contribution is -2.43. The number of likely N-dealkylation sites (tertiary alicyclic amines) is 1. The molecule has 8 heteroatoms. The first-order valence-corrected chi connectivity index (χ1v) is 11.5. The molecule has 0 saturated carbocycles. The zero-order valence-corrected chi connectivity index (χ0v) is 18.4. The molecule has 0 spiro atoms. The SMILES string of the molecule is Cc1ccc(S(=O)(=O)NCC2CCCN(C(=O)c3ccc(N(C)C)c(F)c3)C2)cc1. The molecule has 30 heavy (non-hydrogen) atoms.